The summed E-state index contributed by atoms with van der Waals surface area (Å²) in [6.07, 6.45) is 0. The summed E-state index contributed by atoms with van der Waals surface area (Å²) in [7, 11) is 4.60. The molecule has 110 valence electrons. The quantitative estimate of drug-likeness (QED) is 0.800. The number of hydrogen-bond acceptors (Lipinski definition) is 5. The number of carbonyl (C=O) groups excluding carboxylic acids is 1. The van der Waals surface area contributed by atoms with Crippen LogP contribution in [0.15, 0.2) is 29.1 Å². The molecule has 0 aliphatic heterocycles. The molecule has 0 bridgehead atoms. The predicted molar refractivity (Wildman–Crippen MR) is 78.0 cm³/mol. The van der Waals surface area contributed by atoms with Gasteiger partial charge in [0.25, 0.3) is 5.56 Å². The van der Waals surface area contributed by atoms with E-state index in [4.69, 9.17) is 9.47 Å². The molecule has 0 saturated carbocycles. The van der Waals surface area contributed by atoms with Crippen LogP contribution in [0.3, 0.4) is 0 Å². The van der Waals surface area contributed by atoms with Crippen molar-refractivity contribution >= 4 is 5.78 Å². The Morgan fingerprint density at radius 2 is 1.90 bits per heavy atom. The summed E-state index contributed by atoms with van der Waals surface area (Å²) in [6, 6.07) is 6.72. The van der Waals surface area contributed by atoms with Gasteiger partial charge in [0.15, 0.2) is 5.78 Å². The Balaban J connectivity index is 2.72. The van der Waals surface area contributed by atoms with Crippen LogP contribution in [-0.2, 0) is 7.05 Å². The van der Waals surface area contributed by atoms with Crippen LogP contribution in [0, 0.1) is 0 Å². The molecule has 0 aliphatic carbocycles. The highest BCUT2D eigenvalue weighted by Gasteiger charge is 2.15. The molecule has 1 heterocycles. The van der Waals surface area contributed by atoms with Gasteiger partial charge in [0.2, 0.25) is 0 Å². The zero-order valence-electron chi connectivity index (χ0n) is 12.3. The molecule has 0 amide bonds. The maximum absolute atomic E-state index is 11.9. The Hall–Kier alpha value is -2.63. The minimum Gasteiger partial charge on any atom is -0.497 e. The van der Waals surface area contributed by atoms with Crippen molar-refractivity contribution in [1.29, 1.82) is 0 Å². The summed E-state index contributed by atoms with van der Waals surface area (Å²) in [6.45, 7) is 1.35. The molecule has 0 radical (unpaired) electrons. The summed E-state index contributed by atoms with van der Waals surface area (Å²) in [4.78, 5) is 23.5. The van der Waals surface area contributed by atoms with Crippen LogP contribution in [0.2, 0.25) is 0 Å². The Kier molecular flexibility index (Phi) is 4.07. The average Bonchev–Trinajstić information content (AvgIpc) is 2.48. The number of benzene rings is 1. The monoisotopic (exact) mass is 288 g/mol. The third-order valence-electron chi connectivity index (χ3n) is 3.13. The van der Waals surface area contributed by atoms with Gasteiger partial charge in [-0.1, -0.05) is 0 Å². The SMILES string of the molecule is COc1ccc(OC)c(-c2cc(C(C)=O)c(=O)n(C)n2)c1. The van der Waals surface area contributed by atoms with E-state index in [2.05, 4.69) is 5.10 Å². The molecule has 0 N–H and O–H groups in total. The zero-order chi connectivity index (χ0) is 15.6. The van der Waals surface area contributed by atoms with E-state index in [0.717, 1.165) is 4.68 Å². The largest absolute Gasteiger partial charge is 0.497 e. The van der Waals surface area contributed by atoms with Crippen molar-refractivity contribution in [2.75, 3.05) is 14.2 Å². The van der Waals surface area contributed by atoms with Gasteiger partial charge in [-0.05, 0) is 31.2 Å². The van der Waals surface area contributed by atoms with Gasteiger partial charge in [-0.3, -0.25) is 9.59 Å². The lowest BCUT2D eigenvalue weighted by Gasteiger charge is -2.11. The summed E-state index contributed by atoms with van der Waals surface area (Å²) in [5.74, 6) is 0.906. The molecule has 0 spiro atoms. The lowest BCUT2D eigenvalue weighted by molar-refractivity contribution is 0.101. The van der Waals surface area contributed by atoms with E-state index >= 15 is 0 Å². The first-order valence-electron chi connectivity index (χ1n) is 6.29. The highest BCUT2D eigenvalue weighted by Crippen LogP contribution is 2.32. The van der Waals surface area contributed by atoms with Crippen molar-refractivity contribution in [1.82, 2.24) is 9.78 Å². The Morgan fingerprint density at radius 1 is 1.19 bits per heavy atom. The van der Waals surface area contributed by atoms with Crippen LogP contribution in [-0.4, -0.2) is 29.8 Å². The molecule has 1 aromatic heterocycles. The lowest BCUT2D eigenvalue weighted by atomic mass is 10.1. The first kappa shape index (κ1) is 14.8. The lowest BCUT2D eigenvalue weighted by Crippen LogP contribution is -2.25. The molecule has 0 saturated heterocycles. The van der Waals surface area contributed by atoms with Gasteiger partial charge in [0.05, 0.1) is 25.5 Å². The van der Waals surface area contributed by atoms with Gasteiger partial charge < -0.3 is 9.47 Å². The van der Waals surface area contributed by atoms with Crippen LogP contribution < -0.4 is 15.0 Å². The number of rotatable bonds is 4. The minimum absolute atomic E-state index is 0.0902. The average molecular weight is 288 g/mol. The van der Waals surface area contributed by atoms with Gasteiger partial charge in [-0.15, -0.1) is 0 Å². The third-order valence-corrected chi connectivity index (χ3v) is 3.13. The van der Waals surface area contributed by atoms with Crippen LogP contribution in [0.5, 0.6) is 11.5 Å². The standard InChI is InChI=1S/C15H16N2O4/c1-9(18)11-8-13(16-17(2)15(11)19)12-7-10(20-3)5-6-14(12)21-4/h5-8H,1-4H3. The van der Waals surface area contributed by atoms with E-state index in [1.807, 2.05) is 0 Å². The molecule has 2 rings (SSSR count). The smallest absolute Gasteiger partial charge is 0.277 e. The van der Waals surface area contributed by atoms with E-state index in [0.29, 0.717) is 22.8 Å². The molecule has 1 aromatic carbocycles. The van der Waals surface area contributed by atoms with Crippen LogP contribution in [0.25, 0.3) is 11.3 Å². The first-order valence-corrected chi connectivity index (χ1v) is 6.29. The number of hydrogen-bond donors (Lipinski definition) is 0. The van der Waals surface area contributed by atoms with Crippen molar-refractivity contribution in [2.24, 2.45) is 7.05 Å². The number of methoxy groups -OCH3 is 2. The second-order valence-corrected chi connectivity index (χ2v) is 4.49. The first-order chi connectivity index (χ1) is 9.97. The number of aryl methyl sites for hydroxylation is 1. The Bertz CT molecular complexity index is 750. The van der Waals surface area contributed by atoms with Crippen molar-refractivity contribution in [3.05, 3.63) is 40.2 Å². The van der Waals surface area contributed by atoms with Gasteiger partial charge in [-0.2, -0.15) is 5.10 Å². The Labute approximate surface area is 121 Å². The fourth-order valence-electron chi connectivity index (χ4n) is 2.01. The van der Waals surface area contributed by atoms with E-state index in [1.165, 1.54) is 20.0 Å². The van der Waals surface area contributed by atoms with Crippen molar-refractivity contribution in [2.45, 2.75) is 6.92 Å². The molecule has 2 aromatic rings. The number of Topliss-reactive ketones (excluding diaryl/α,β-unsaturated/α-hetero) is 1. The third kappa shape index (κ3) is 2.79. The van der Waals surface area contributed by atoms with E-state index in [1.54, 1.807) is 32.4 Å². The highest BCUT2D eigenvalue weighted by atomic mass is 16.5. The minimum atomic E-state index is -0.423. The molecule has 0 unspecified atom stereocenters. The molecular formula is C15H16N2O4. The van der Waals surface area contributed by atoms with E-state index in [-0.39, 0.29) is 11.3 Å². The number of carbonyl (C=O) groups is 1. The topological polar surface area (TPSA) is 70.4 Å². The van der Waals surface area contributed by atoms with Crippen molar-refractivity contribution < 1.29 is 14.3 Å². The van der Waals surface area contributed by atoms with Crippen molar-refractivity contribution in [3.63, 3.8) is 0 Å². The summed E-state index contributed by atoms with van der Waals surface area (Å²) >= 11 is 0. The normalized spacial score (nSPS) is 10.3. The molecule has 0 atom stereocenters. The maximum atomic E-state index is 11.9. The van der Waals surface area contributed by atoms with Crippen molar-refractivity contribution in [3.8, 4) is 22.8 Å². The van der Waals surface area contributed by atoms with Gasteiger partial charge in [0.1, 0.15) is 11.5 Å². The summed E-state index contributed by atoms with van der Waals surface area (Å²) < 4.78 is 11.6. The number of ketones is 1. The van der Waals surface area contributed by atoms with Gasteiger partial charge >= 0.3 is 0 Å². The molecule has 6 nitrogen and oxygen atoms in total. The number of aromatic nitrogens is 2. The number of ether oxygens (including phenoxy) is 2. The van der Waals surface area contributed by atoms with Gasteiger partial charge in [-0.25, -0.2) is 4.68 Å². The van der Waals surface area contributed by atoms with Gasteiger partial charge in [0, 0.05) is 12.6 Å². The second-order valence-electron chi connectivity index (χ2n) is 4.49. The fraction of sp³-hybridized carbons (Fsp3) is 0.267. The molecule has 21 heavy (non-hydrogen) atoms. The summed E-state index contributed by atoms with van der Waals surface area (Å²) in [5.41, 5.74) is 0.786. The predicted octanol–water partition coefficient (Wildman–Crippen LogP) is 1.67. The zero-order valence-corrected chi connectivity index (χ0v) is 12.3. The Morgan fingerprint density at radius 3 is 2.48 bits per heavy atom. The summed E-state index contributed by atoms with van der Waals surface area (Å²) in [5, 5.41) is 4.19. The van der Waals surface area contributed by atoms with E-state index in [9.17, 15) is 9.59 Å². The fourth-order valence-corrected chi connectivity index (χ4v) is 2.01. The second kappa shape index (κ2) is 5.78. The van der Waals surface area contributed by atoms with Crippen LogP contribution in [0.4, 0.5) is 0 Å². The van der Waals surface area contributed by atoms with E-state index < -0.39 is 5.56 Å². The maximum Gasteiger partial charge on any atom is 0.277 e. The molecule has 0 aliphatic rings. The number of nitrogens with zero attached hydrogens (tertiary/aromatic N) is 2. The molecular weight excluding hydrogens is 272 g/mol. The highest BCUT2D eigenvalue weighted by molar-refractivity contribution is 5.94. The molecule has 0 fully saturated rings. The molecule has 6 heteroatoms. The van der Waals surface area contributed by atoms with Crippen LogP contribution >= 0.6 is 0 Å². The van der Waals surface area contributed by atoms with Crippen LogP contribution in [0.1, 0.15) is 17.3 Å².